The molecule has 2 aliphatic rings. The second kappa shape index (κ2) is 4.43. The topological polar surface area (TPSA) is 9.23 Å². The normalized spacial score (nSPS) is 19.3. The van der Waals surface area contributed by atoms with Crippen molar-refractivity contribution in [3.63, 3.8) is 0 Å². The van der Waals surface area contributed by atoms with Gasteiger partial charge in [-0.15, -0.1) is 0 Å². The van der Waals surface area contributed by atoms with Crippen LogP contribution in [0.1, 0.15) is 19.8 Å². The molecule has 74 valence electrons. The summed E-state index contributed by atoms with van der Waals surface area (Å²) < 4.78 is 5.79. The van der Waals surface area contributed by atoms with Crippen molar-refractivity contribution in [2.75, 3.05) is 6.61 Å². The first-order valence-corrected chi connectivity index (χ1v) is 5.24. The van der Waals surface area contributed by atoms with Gasteiger partial charge in [0.1, 0.15) is 6.10 Å². The fraction of sp³-hybridized carbons (Fsp3) is 0.385. The first-order valence-electron chi connectivity index (χ1n) is 5.24. The monoisotopic (exact) mass is 188 g/mol. The summed E-state index contributed by atoms with van der Waals surface area (Å²) in [7, 11) is 0. The van der Waals surface area contributed by atoms with Gasteiger partial charge in [0.05, 0.1) is 0 Å². The van der Waals surface area contributed by atoms with Gasteiger partial charge in [-0.3, -0.25) is 0 Å². The third-order valence-electron chi connectivity index (χ3n) is 2.61. The molecule has 0 bridgehead atoms. The van der Waals surface area contributed by atoms with E-state index < -0.39 is 0 Å². The molecule has 0 unspecified atom stereocenters. The van der Waals surface area contributed by atoms with Gasteiger partial charge in [0.15, 0.2) is 0 Å². The maximum absolute atomic E-state index is 5.79. The molecule has 0 aromatic heterocycles. The average Bonchev–Trinajstić information content (AvgIpc) is 2.87. The third kappa shape index (κ3) is 1.88. The van der Waals surface area contributed by atoms with Crippen LogP contribution in [0.25, 0.3) is 0 Å². The van der Waals surface area contributed by atoms with Crippen LogP contribution in [-0.4, -0.2) is 12.7 Å². The molecule has 0 heterocycles. The predicted molar refractivity (Wildman–Crippen MR) is 59.1 cm³/mol. The predicted octanol–water partition coefficient (Wildman–Crippen LogP) is 3.16. The van der Waals surface area contributed by atoms with Crippen molar-refractivity contribution >= 4 is 0 Å². The van der Waals surface area contributed by atoms with E-state index in [1.54, 1.807) is 0 Å². The van der Waals surface area contributed by atoms with Gasteiger partial charge >= 0.3 is 0 Å². The van der Waals surface area contributed by atoms with Crippen LogP contribution < -0.4 is 0 Å². The molecule has 0 aromatic rings. The lowest BCUT2D eigenvalue weighted by atomic mass is 10.00. The van der Waals surface area contributed by atoms with Crippen molar-refractivity contribution in [3.05, 3.63) is 47.6 Å². The Morgan fingerprint density at radius 3 is 2.07 bits per heavy atom. The molecule has 0 radical (unpaired) electrons. The van der Waals surface area contributed by atoms with E-state index >= 15 is 0 Å². The molecule has 0 amide bonds. The summed E-state index contributed by atoms with van der Waals surface area (Å²) in [6, 6.07) is 0. The first-order chi connectivity index (χ1) is 6.92. The highest BCUT2D eigenvalue weighted by atomic mass is 16.5. The Balaban J connectivity index is 2.07. The molecule has 0 aliphatic heterocycles. The molecule has 0 saturated heterocycles. The highest BCUT2D eigenvalue weighted by Crippen LogP contribution is 2.27. The summed E-state index contributed by atoms with van der Waals surface area (Å²) in [5.74, 6) is 0. The summed E-state index contributed by atoms with van der Waals surface area (Å²) in [6.45, 7) is 2.83. The Bertz CT molecular complexity index is 288. The standard InChI is InChI=1S/C13H16O/c1-2-14-13(11-7-3-4-8-11)12-9-5-6-10-12/h3-7,9,13H,2,8,10H2,1H3. The lowest BCUT2D eigenvalue weighted by Crippen LogP contribution is -2.17. The Morgan fingerprint density at radius 1 is 1.14 bits per heavy atom. The highest BCUT2D eigenvalue weighted by molar-refractivity contribution is 5.37. The summed E-state index contributed by atoms with van der Waals surface area (Å²) in [5, 5.41) is 0. The average molecular weight is 188 g/mol. The number of hydrogen-bond acceptors (Lipinski definition) is 1. The van der Waals surface area contributed by atoms with E-state index in [0.717, 1.165) is 19.4 Å². The van der Waals surface area contributed by atoms with Crippen LogP contribution >= 0.6 is 0 Å². The smallest absolute Gasteiger partial charge is 0.101 e. The van der Waals surface area contributed by atoms with Gasteiger partial charge in [0, 0.05) is 6.61 Å². The van der Waals surface area contributed by atoms with E-state index in [2.05, 4.69) is 43.4 Å². The van der Waals surface area contributed by atoms with Crippen molar-refractivity contribution < 1.29 is 4.74 Å². The maximum atomic E-state index is 5.79. The quantitative estimate of drug-likeness (QED) is 0.658. The van der Waals surface area contributed by atoms with Crippen LogP contribution in [0.3, 0.4) is 0 Å². The van der Waals surface area contributed by atoms with E-state index in [1.165, 1.54) is 11.1 Å². The zero-order valence-electron chi connectivity index (χ0n) is 8.57. The van der Waals surface area contributed by atoms with E-state index in [-0.39, 0.29) is 6.10 Å². The molecule has 0 spiro atoms. The van der Waals surface area contributed by atoms with Crippen molar-refractivity contribution in [1.29, 1.82) is 0 Å². The molecule has 1 nitrogen and oxygen atoms in total. The minimum atomic E-state index is 0.213. The molecular weight excluding hydrogens is 172 g/mol. The molecule has 0 fully saturated rings. The van der Waals surface area contributed by atoms with Gasteiger partial charge in [-0.2, -0.15) is 0 Å². The lowest BCUT2D eigenvalue weighted by Gasteiger charge is -2.19. The summed E-state index contributed by atoms with van der Waals surface area (Å²) in [5.41, 5.74) is 2.78. The van der Waals surface area contributed by atoms with E-state index in [0.29, 0.717) is 0 Å². The SMILES string of the molecule is CCOC(C1=CC=CC1)C1=CC=CC1. The molecule has 0 saturated carbocycles. The number of ether oxygens (including phenoxy) is 1. The Labute approximate surface area is 85.5 Å². The van der Waals surface area contributed by atoms with E-state index in [1.807, 2.05) is 0 Å². The Hall–Kier alpha value is -1.08. The second-order valence-electron chi connectivity index (χ2n) is 3.58. The molecule has 0 atom stereocenters. The van der Waals surface area contributed by atoms with Gasteiger partial charge in [-0.1, -0.05) is 36.5 Å². The minimum absolute atomic E-state index is 0.213. The van der Waals surface area contributed by atoms with Gasteiger partial charge in [-0.05, 0) is 30.9 Å². The summed E-state index contributed by atoms with van der Waals surface area (Å²) in [6.07, 6.45) is 15.3. The van der Waals surface area contributed by atoms with Crippen LogP contribution in [0, 0.1) is 0 Å². The van der Waals surface area contributed by atoms with Crippen LogP contribution in [-0.2, 0) is 4.74 Å². The number of allylic oxidation sites excluding steroid dienone is 6. The first kappa shape index (κ1) is 9.47. The van der Waals surface area contributed by atoms with Crippen LogP contribution in [0.15, 0.2) is 47.6 Å². The highest BCUT2D eigenvalue weighted by Gasteiger charge is 2.19. The van der Waals surface area contributed by atoms with Gasteiger partial charge in [0.2, 0.25) is 0 Å². The maximum Gasteiger partial charge on any atom is 0.101 e. The Morgan fingerprint density at radius 2 is 1.71 bits per heavy atom. The van der Waals surface area contributed by atoms with Gasteiger partial charge in [-0.25, -0.2) is 0 Å². The van der Waals surface area contributed by atoms with Crippen LogP contribution in [0.5, 0.6) is 0 Å². The molecule has 2 aliphatic carbocycles. The van der Waals surface area contributed by atoms with Crippen molar-refractivity contribution in [1.82, 2.24) is 0 Å². The van der Waals surface area contributed by atoms with E-state index in [4.69, 9.17) is 4.74 Å². The fourth-order valence-electron chi connectivity index (χ4n) is 1.94. The van der Waals surface area contributed by atoms with Crippen molar-refractivity contribution in [2.24, 2.45) is 0 Å². The minimum Gasteiger partial charge on any atom is -0.370 e. The van der Waals surface area contributed by atoms with Crippen LogP contribution in [0.2, 0.25) is 0 Å². The lowest BCUT2D eigenvalue weighted by molar-refractivity contribution is 0.110. The van der Waals surface area contributed by atoms with Crippen molar-refractivity contribution in [2.45, 2.75) is 25.9 Å². The molecule has 2 rings (SSSR count). The molecule has 1 heteroatoms. The third-order valence-corrected chi connectivity index (χ3v) is 2.61. The van der Waals surface area contributed by atoms with Crippen molar-refractivity contribution in [3.8, 4) is 0 Å². The molecular formula is C13H16O. The Kier molecular flexibility index (Phi) is 3.00. The molecule has 14 heavy (non-hydrogen) atoms. The van der Waals surface area contributed by atoms with Gasteiger partial charge in [0.25, 0.3) is 0 Å². The van der Waals surface area contributed by atoms with Gasteiger partial charge < -0.3 is 4.74 Å². The summed E-state index contributed by atoms with van der Waals surface area (Å²) in [4.78, 5) is 0. The zero-order valence-corrected chi connectivity index (χ0v) is 8.57. The largest absolute Gasteiger partial charge is 0.370 e. The fourth-order valence-corrected chi connectivity index (χ4v) is 1.94. The van der Waals surface area contributed by atoms with E-state index in [9.17, 15) is 0 Å². The molecule has 0 N–H and O–H groups in total. The number of rotatable bonds is 4. The van der Waals surface area contributed by atoms with Crippen LogP contribution in [0.4, 0.5) is 0 Å². The molecule has 0 aromatic carbocycles. The second-order valence-corrected chi connectivity index (χ2v) is 3.58. The zero-order chi connectivity index (χ0) is 9.80. The number of hydrogen-bond donors (Lipinski definition) is 0. The summed E-state index contributed by atoms with van der Waals surface area (Å²) >= 11 is 0.